The third-order valence-corrected chi connectivity index (χ3v) is 2.64. The summed E-state index contributed by atoms with van der Waals surface area (Å²) >= 11 is 5.96. The van der Waals surface area contributed by atoms with Crippen LogP contribution in [0.3, 0.4) is 0 Å². The maximum absolute atomic E-state index is 10.5. The number of hydrogen-bond acceptors (Lipinski definition) is 4. The van der Waals surface area contributed by atoms with E-state index in [2.05, 4.69) is 5.32 Å². The summed E-state index contributed by atoms with van der Waals surface area (Å²) in [5.74, 6) is 0. The highest BCUT2D eigenvalue weighted by atomic mass is 35.5. The number of rotatable bonds is 7. The fourth-order valence-electron chi connectivity index (χ4n) is 1.38. The van der Waals surface area contributed by atoms with Crippen molar-refractivity contribution in [3.63, 3.8) is 0 Å². The highest BCUT2D eigenvalue weighted by molar-refractivity contribution is 6.31. The topological polar surface area (TPSA) is 64.4 Å². The summed E-state index contributed by atoms with van der Waals surface area (Å²) in [6.45, 7) is 5.87. The van der Waals surface area contributed by atoms with Gasteiger partial charge in [0.25, 0.3) is 5.69 Å². The molecule has 6 heteroatoms. The molecular weight excluding hydrogens is 256 g/mol. The van der Waals surface area contributed by atoms with E-state index < -0.39 is 4.92 Å². The molecule has 0 amide bonds. The van der Waals surface area contributed by atoms with Crippen LogP contribution in [0.1, 0.15) is 19.4 Å². The number of halogens is 1. The lowest BCUT2D eigenvalue weighted by atomic mass is 10.2. The molecule has 0 aliphatic carbocycles. The average Bonchev–Trinajstić information content (AvgIpc) is 2.29. The van der Waals surface area contributed by atoms with Gasteiger partial charge in [0.2, 0.25) is 0 Å². The fourth-order valence-corrected chi connectivity index (χ4v) is 1.62. The summed E-state index contributed by atoms with van der Waals surface area (Å²) in [5, 5.41) is 14.1. The summed E-state index contributed by atoms with van der Waals surface area (Å²) < 4.78 is 5.38. The van der Waals surface area contributed by atoms with Gasteiger partial charge in [-0.2, -0.15) is 0 Å². The van der Waals surface area contributed by atoms with Crippen LogP contribution in [0.5, 0.6) is 0 Å². The van der Waals surface area contributed by atoms with E-state index in [1.165, 1.54) is 12.1 Å². The first-order valence-corrected chi connectivity index (χ1v) is 6.13. The number of ether oxygens (including phenoxy) is 1. The first kappa shape index (κ1) is 14.9. The van der Waals surface area contributed by atoms with Crippen LogP contribution in [0.4, 0.5) is 5.69 Å². The van der Waals surface area contributed by atoms with Gasteiger partial charge in [0.05, 0.1) is 22.7 Å². The van der Waals surface area contributed by atoms with E-state index in [9.17, 15) is 10.1 Å². The number of nitro groups is 1. The maximum atomic E-state index is 10.5. The monoisotopic (exact) mass is 272 g/mol. The number of nitrogens with one attached hydrogen (secondary N) is 1. The zero-order valence-corrected chi connectivity index (χ0v) is 11.2. The lowest BCUT2D eigenvalue weighted by Gasteiger charge is -2.09. The van der Waals surface area contributed by atoms with Gasteiger partial charge in [0.1, 0.15) is 0 Å². The van der Waals surface area contributed by atoms with E-state index in [1.807, 2.05) is 13.8 Å². The zero-order valence-electron chi connectivity index (χ0n) is 10.5. The molecule has 0 aromatic heterocycles. The van der Waals surface area contributed by atoms with Crippen LogP contribution in [0, 0.1) is 10.1 Å². The molecule has 1 aromatic carbocycles. The van der Waals surface area contributed by atoms with Crippen molar-refractivity contribution >= 4 is 17.3 Å². The number of hydrogen-bond donors (Lipinski definition) is 1. The number of benzene rings is 1. The van der Waals surface area contributed by atoms with E-state index in [0.717, 1.165) is 5.56 Å². The molecule has 0 saturated heterocycles. The van der Waals surface area contributed by atoms with Crippen LogP contribution in [-0.2, 0) is 11.3 Å². The van der Waals surface area contributed by atoms with Gasteiger partial charge in [-0.05, 0) is 25.5 Å². The third-order valence-electron chi connectivity index (χ3n) is 2.29. The molecule has 0 radical (unpaired) electrons. The van der Waals surface area contributed by atoms with Crippen molar-refractivity contribution in [2.75, 3.05) is 13.2 Å². The van der Waals surface area contributed by atoms with E-state index in [-0.39, 0.29) is 11.8 Å². The number of nitrogens with zero attached hydrogens (tertiary/aromatic N) is 1. The summed E-state index contributed by atoms with van der Waals surface area (Å²) in [6.07, 6.45) is 0.217. The van der Waals surface area contributed by atoms with E-state index in [1.54, 1.807) is 6.07 Å². The van der Waals surface area contributed by atoms with Crippen molar-refractivity contribution in [1.82, 2.24) is 5.32 Å². The minimum atomic E-state index is -0.459. The normalized spacial score (nSPS) is 10.9. The SMILES string of the molecule is CC(C)OCCNCc1ccc([N+](=O)[O-])cc1Cl. The molecule has 100 valence electrons. The molecule has 0 fully saturated rings. The van der Waals surface area contributed by atoms with Crippen LogP contribution >= 0.6 is 11.6 Å². The second kappa shape index (κ2) is 7.31. The Morgan fingerprint density at radius 3 is 2.78 bits per heavy atom. The first-order chi connectivity index (χ1) is 8.50. The van der Waals surface area contributed by atoms with Gasteiger partial charge in [-0.1, -0.05) is 11.6 Å². The van der Waals surface area contributed by atoms with Crippen molar-refractivity contribution in [3.05, 3.63) is 38.9 Å². The molecule has 1 aromatic rings. The Hall–Kier alpha value is -1.17. The molecule has 0 aliphatic heterocycles. The molecule has 0 spiro atoms. The molecule has 5 nitrogen and oxygen atoms in total. The predicted octanol–water partition coefficient (Wildman–Crippen LogP) is 2.76. The smallest absolute Gasteiger partial charge is 0.270 e. The predicted molar refractivity (Wildman–Crippen MR) is 70.9 cm³/mol. The largest absolute Gasteiger partial charge is 0.377 e. The molecule has 1 N–H and O–H groups in total. The molecule has 1 rings (SSSR count). The second-order valence-corrected chi connectivity index (χ2v) is 4.54. The summed E-state index contributed by atoms with van der Waals surface area (Å²) in [5.41, 5.74) is 0.846. The third kappa shape index (κ3) is 5.00. The van der Waals surface area contributed by atoms with Crippen molar-refractivity contribution in [1.29, 1.82) is 0 Å². The van der Waals surface area contributed by atoms with E-state index in [0.29, 0.717) is 24.7 Å². The average molecular weight is 273 g/mol. The Bertz CT molecular complexity index is 410. The Morgan fingerprint density at radius 1 is 1.50 bits per heavy atom. The molecule has 0 aliphatic rings. The Balaban J connectivity index is 2.41. The lowest BCUT2D eigenvalue weighted by Crippen LogP contribution is -2.21. The van der Waals surface area contributed by atoms with Gasteiger partial charge < -0.3 is 10.1 Å². The van der Waals surface area contributed by atoms with Gasteiger partial charge in [0, 0.05) is 25.2 Å². The molecule has 0 unspecified atom stereocenters. The van der Waals surface area contributed by atoms with Crippen LogP contribution in [-0.4, -0.2) is 24.2 Å². The first-order valence-electron chi connectivity index (χ1n) is 5.76. The van der Waals surface area contributed by atoms with Crippen LogP contribution in [0.15, 0.2) is 18.2 Å². The fraction of sp³-hybridized carbons (Fsp3) is 0.500. The zero-order chi connectivity index (χ0) is 13.5. The lowest BCUT2D eigenvalue weighted by molar-refractivity contribution is -0.384. The Kier molecular flexibility index (Phi) is 6.04. The second-order valence-electron chi connectivity index (χ2n) is 4.13. The minimum Gasteiger partial charge on any atom is -0.377 e. The van der Waals surface area contributed by atoms with Crippen molar-refractivity contribution < 1.29 is 9.66 Å². The van der Waals surface area contributed by atoms with Gasteiger partial charge >= 0.3 is 0 Å². The van der Waals surface area contributed by atoms with Gasteiger partial charge in [-0.15, -0.1) is 0 Å². The molecular formula is C12H17ClN2O3. The Labute approximate surface area is 111 Å². The molecule has 0 heterocycles. The standard InChI is InChI=1S/C12H17ClN2O3/c1-9(2)18-6-5-14-8-10-3-4-11(15(16)17)7-12(10)13/h3-4,7,9,14H,5-6,8H2,1-2H3. The molecule has 0 bridgehead atoms. The maximum Gasteiger partial charge on any atom is 0.270 e. The van der Waals surface area contributed by atoms with Crippen LogP contribution < -0.4 is 5.32 Å². The quantitative estimate of drug-likeness (QED) is 0.471. The minimum absolute atomic E-state index is 0.00638. The van der Waals surface area contributed by atoms with Crippen LogP contribution in [0.2, 0.25) is 5.02 Å². The number of nitro benzene ring substituents is 1. The van der Waals surface area contributed by atoms with Gasteiger partial charge in [0.15, 0.2) is 0 Å². The number of non-ortho nitro benzene ring substituents is 1. The van der Waals surface area contributed by atoms with Gasteiger partial charge in [-0.25, -0.2) is 0 Å². The van der Waals surface area contributed by atoms with E-state index >= 15 is 0 Å². The highest BCUT2D eigenvalue weighted by Gasteiger charge is 2.08. The Morgan fingerprint density at radius 2 is 2.22 bits per heavy atom. The van der Waals surface area contributed by atoms with Crippen molar-refractivity contribution in [2.45, 2.75) is 26.5 Å². The van der Waals surface area contributed by atoms with E-state index in [4.69, 9.17) is 16.3 Å². The molecule has 18 heavy (non-hydrogen) atoms. The summed E-state index contributed by atoms with van der Waals surface area (Å²) in [6, 6.07) is 4.48. The summed E-state index contributed by atoms with van der Waals surface area (Å²) in [4.78, 5) is 10.1. The molecule has 0 saturated carbocycles. The molecule has 0 atom stereocenters. The van der Waals surface area contributed by atoms with Gasteiger partial charge in [-0.3, -0.25) is 10.1 Å². The van der Waals surface area contributed by atoms with Crippen LogP contribution in [0.25, 0.3) is 0 Å². The van der Waals surface area contributed by atoms with Crippen molar-refractivity contribution in [3.8, 4) is 0 Å². The van der Waals surface area contributed by atoms with Crippen molar-refractivity contribution in [2.24, 2.45) is 0 Å². The summed E-state index contributed by atoms with van der Waals surface area (Å²) in [7, 11) is 0. The highest BCUT2D eigenvalue weighted by Crippen LogP contribution is 2.22.